The van der Waals surface area contributed by atoms with Crippen molar-refractivity contribution in [2.45, 2.75) is 79.4 Å². The Kier molecular flexibility index (Phi) is 9.84. The Morgan fingerprint density at radius 1 is 1.18 bits per heavy atom. The summed E-state index contributed by atoms with van der Waals surface area (Å²) in [5.74, 6) is -2.51. The highest BCUT2D eigenvalue weighted by molar-refractivity contribution is 8.01. The van der Waals surface area contributed by atoms with Gasteiger partial charge in [-0.1, -0.05) is 0 Å². The van der Waals surface area contributed by atoms with E-state index in [1.165, 1.54) is 7.11 Å². The van der Waals surface area contributed by atoms with Gasteiger partial charge in [-0.15, -0.1) is 11.8 Å². The van der Waals surface area contributed by atoms with Crippen LogP contribution >= 0.6 is 11.8 Å². The largest absolute Gasteiger partial charge is 0.478 e. The quantitative estimate of drug-likeness (QED) is 0.144. The molecule has 0 bridgehead atoms. The summed E-state index contributed by atoms with van der Waals surface area (Å²) < 4.78 is 15.9. The lowest BCUT2D eigenvalue weighted by Crippen LogP contribution is -2.66. The Morgan fingerprint density at radius 2 is 1.82 bits per heavy atom. The first-order valence-corrected chi connectivity index (χ1v) is 11.1. The highest BCUT2D eigenvalue weighted by Crippen LogP contribution is 2.41. The van der Waals surface area contributed by atoms with Gasteiger partial charge < -0.3 is 60.4 Å². The van der Waals surface area contributed by atoms with Gasteiger partial charge in [-0.2, -0.15) is 0 Å². The van der Waals surface area contributed by atoms with Gasteiger partial charge in [-0.25, -0.2) is 4.79 Å². The fraction of sp³-hybridized carbons (Fsp3) is 0.889. The lowest BCUT2D eigenvalue weighted by molar-refractivity contribution is -0.285. The number of hydrogen-bond acceptors (Lipinski definition) is 13. The number of amides is 1. The van der Waals surface area contributed by atoms with Gasteiger partial charge in [0.1, 0.15) is 36.6 Å². The molecule has 0 radical (unpaired) electrons. The third kappa shape index (κ3) is 6.12. The normalized spacial score (nSPS) is 41.2. The van der Waals surface area contributed by atoms with Gasteiger partial charge in [0.15, 0.2) is 6.29 Å². The summed E-state index contributed by atoms with van der Waals surface area (Å²) in [6, 6.07) is -1.31. The number of thioether (sulfide) groups is 1. The van der Waals surface area contributed by atoms with Crippen molar-refractivity contribution in [1.29, 1.82) is 0 Å². The van der Waals surface area contributed by atoms with E-state index in [4.69, 9.17) is 19.3 Å². The van der Waals surface area contributed by atoms with Gasteiger partial charge in [0, 0.05) is 26.2 Å². The van der Waals surface area contributed by atoms with Crippen LogP contribution in [0.4, 0.5) is 0 Å². The molecule has 0 aliphatic carbocycles. The first kappa shape index (κ1) is 28.1. The number of hydrogen-bond donors (Lipinski definition) is 9. The average molecular weight is 502 g/mol. The van der Waals surface area contributed by atoms with Crippen molar-refractivity contribution in [3.05, 3.63) is 0 Å². The molecule has 0 saturated carbocycles. The third-order valence-corrected chi connectivity index (χ3v) is 6.97. The van der Waals surface area contributed by atoms with Crippen LogP contribution in [0.25, 0.3) is 0 Å². The van der Waals surface area contributed by atoms with Crippen LogP contribution in [-0.2, 0) is 23.8 Å². The lowest BCUT2D eigenvalue weighted by atomic mass is 9.90. The molecule has 33 heavy (non-hydrogen) atoms. The highest BCUT2D eigenvalue weighted by atomic mass is 32.2. The monoisotopic (exact) mass is 501 g/mol. The Hall–Kier alpha value is -1.11. The minimum absolute atomic E-state index is 0.319. The first-order chi connectivity index (χ1) is 15.4. The molecule has 2 fully saturated rings. The molecule has 0 aromatic heterocycles. The number of aliphatic hydroxyl groups excluding tert-OH is 7. The van der Waals surface area contributed by atoms with E-state index in [-0.39, 0.29) is 5.75 Å². The zero-order valence-corrected chi connectivity index (χ0v) is 18.7. The summed E-state index contributed by atoms with van der Waals surface area (Å²) in [6.45, 7) is 0.220. The van der Waals surface area contributed by atoms with Crippen LogP contribution in [0.2, 0.25) is 0 Å². The molecular weight excluding hydrogens is 470 g/mol. The predicted molar refractivity (Wildman–Crippen MR) is 109 cm³/mol. The number of rotatable bonds is 9. The summed E-state index contributed by atoms with van der Waals surface area (Å²) in [6.07, 6.45) is -14.7. The zero-order chi connectivity index (χ0) is 25.1. The van der Waals surface area contributed by atoms with Gasteiger partial charge in [-0.05, 0) is 0 Å². The van der Waals surface area contributed by atoms with Gasteiger partial charge in [0.05, 0.1) is 24.9 Å². The fourth-order valence-corrected chi connectivity index (χ4v) is 5.04. The molecule has 15 heteroatoms. The second-order valence-electron chi connectivity index (χ2n) is 7.94. The highest BCUT2D eigenvalue weighted by Gasteiger charge is 2.56. The summed E-state index contributed by atoms with van der Waals surface area (Å²) in [4.78, 5) is 21.5. The zero-order valence-electron chi connectivity index (χ0n) is 17.9. The van der Waals surface area contributed by atoms with Crippen molar-refractivity contribution in [2.75, 3.05) is 19.5 Å². The van der Waals surface area contributed by atoms with E-state index in [1.807, 2.05) is 0 Å². The predicted octanol–water partition coefficient (Wildman–Crippen LogP) is -4.68. The van der Waals surface area contributed by atoms with Crippen molar-refractivity contribution < 1.29 is 64.7 Å². The molecule has 2 aliphatic heterocycles. The number of nitrogens with one attached hydrogen (secondary N) is 1. The molecule has 1 amide bonds. The molecule has 11 unspecified atom stereocenters. The van der Waals surface area contributed by atoms with Crippen LogP contribution in [0.1, 0.15) is 13.3 Å². The van der Waals surface area contributed by atoms with Crippen LogP contribution in [0.5, 0.6) is 0 Å². The molecule has 14 nitrogen and oxygen atoms in total. The Labute approximate surface area is 193 Å². The van der Waals surface area contributed by atoms with Crippen molar-refractivity contribution in [2.24, 2.45) is 0 Å². The maximum atomic E-state index is 12.2. The topological polar surface area (TPSA) is 236 Å². The van der Waals surface area contributed by atoms with Crippen molar-refractivity contribution in [3.63, 3.8) is 0 Å². The van der Waals surface area contributed by atoms with E-state index in [2.05, 4.69) is 5.32 Å². The van der Waals surface area contributed by atoms with Gasteiger partial charge in [0.25, 0.3) is 0 Å². The van der Waals surface area contributed by atoms with Gasteiger partial charge in [-0.3, -0.25) is 4.79 Å². The molecule has 0 aromatic rings. The van der Waals surface area contributed by atoms with E-state index in [1.54, 1.807) is 0 Å². The van der Waals surface area contributed by atoms with E-state index < -0.39 is 91.0 Å². The van der Waals surface area contributed by atoms with E-state index >= 15 is 0 Å². The van der Waals surface area contributed by atoms with Crippen LogP contribution in [0.3, 0.4) is 0 Å². The number of ether oxygens (including phenoxy) is 3. The van der Waals surface area contributed by atoms with E-state index in [9.17, 15) is 45.3 Å². The number of carboxylic acids is 1. The smallest absolute Gasteiger partial charge is 0.346 e. The lowest BCUT2D eigenvalue weighted by Gasteiger charge is -2.47. The number of aliphatic hydroxyl groups is 7. The van der Waals surface area contributed by atoms with Crippen molar-refractivity contribution in [3.8, 4) is 0 Å². The van der Waals surface area contributed by atoms with Crippen LogP contribution in [-0.4, -0.2) is 138 Å². The summed E-state index contributed by atoms with van der Waals surface area (Å²) >= 11 is 0.561. The summed E-state index contributed by atoms with van der Waals surface area (Å²) in [5, 5.41) is 82.4. The molecule has 2 aliphatic rings. The molecule has 0 aromatic carbocycles. The molecule has 2 rings (SSSR count). The molecule has 2 heterocycles. The molecule has 11 atom stereocenters. The molecular formula is C18H31NO13S. The van der Waals surface area contributed by atoms with Crippen molar-refractivity contribution >= 4 is 23.6 Å². The molecule has 0 spiro atoms. The van der Waals surface area contributed by atoms with Crippen molar-refractivity contribution in [1.82, 2.24) is 5.32 Å². The first-order valence-electron chi connectivity index (χ1n) is 10.1. The second kappa shape index (κ2) is 11.5. The Bertz CT molecular complexity index is 684. The number of aliphatic carboxylic acids is 1. The van der Waals surface area contributed by atoms with Crippen LogP contribution in [0.15, 0.2) is 0 Å². The minimum Gasteiger partial charge on any atom is -0.478 e. The molecule has 9 N–H and O–H groups in total. The summed E-state index contributed by atoms with van der Waals surface area (Å²) in [5.41, 5.74) is 0. The number of carboxylic acid groups (broad SMARTS) is 1. The Balaban J connectivity index is 2.28. The average Bonchev–Trinajstić information content (AvgIpc) is 2.77. The third-order valence-electron chi connectivity index (χ3n) is 5.57. The number of carbonyl (C=O) groups is 2. The van der Waals surface area contributed by atoms with Crippen LogP contribution < -0.4 is 5.32 Å². The van der Waals surface area contributed by atoms with Gasteiger partial charge in [0.2, 0.25) is 10.8 Å². The summed E-state index contributed by atoms with van der Waals surface area (Å²) in [7, 11) is 1.20. The van der Waals surface area contributed by atoms with E-state index in [0.717, 1.165) is 6.92 Å². The molecule has 192 valence electrons. The Morgan fingerprint density at radius 3 is 2.33 bits per heavy atom. The number of methoxy groups -OCH3 is 1. The van der Waals surface area contributed by atoms with E-state index in [0.29, 0.717) is 11.8 Å². The maximum Gasteiger partial charge on any atom is 0.346 e. The molecule has 2 saturated heterocycles. The number of carbonyl (C=O) groups excluding carboxylic acids is 1. The fourth-order valence-electron chi connectivity index (χ4n) is 3.74. The minimum atomic E-state index is -2.23. The standard InChI is InChI=1S/C18H31NO13S/c1-6(21)19-10-7(22)3-18(17(28)29,32-15(10)11(24)8(23)4-20)33-5-9-12(25)13(26)14(27)16(30-2)31-9/h7-16,20,22-27H,3-5H2,1-2H3,(H,19,21)(H,28,29). The maximum absolute atomic E-state index is 12.2. The van der Waals surface area contributed by atoms with Crippen LogP contribution in [0, 0.1) is 0 Å². The SMILES string of the molecule is COC1OC(CSC2(C(=O)O)CC(O)C(NC(C)=O)C(C(O)C(O)CO)O2)C(O)C(O)C1O. The second-order valence-corrected chi connectivity index (χ2v) is 9.22. The van der Waals surface area contributed by atoms with Gasteiger partial charge >= 0.3 is 5.97 Å².